The molecule has 8 heteroatoms. The van der Waals surface area contributed by atoms with E-state index in [1.807, 2.05) is 24.3 Å². The molecule has 4 rings (SSSR count). The van der Waals surface area contributed by atoms with Gasteiger partial charge in [0.25, 0.3) is 10.0 Å². The highest BCUT2D eigenvalue weighted by atomic mass is 32.2. The lowest BCUT2D eigenvalue weighted by molar-refractivity contribution is 0.603. The molecular weight excluding hydrogens is 392 g/mol. The Morgan fingerprint density at radius 2 is 1.64 bits per heavy atom. The summed E-state index contributed by atoms with van der Waals surface area (Å²) in [6.07, 6.45) is 4.97. The lowest BCUT2D eigenvalue weighted by atomic mass is 10.1. The van der Waals surface area contributed by atoms with Crippen LogP contribution in [0.5, 0.6) is 0 Å². The molecule has 146 valence electrons. The first-order valence-corrected chi connectivity index (χ1v) is 11.7. The van der Waals surface area contributed by atoms with Gasteiger partial charge in [-0.15, -0.1) is 21.5 Å². The van der Waals surface area contributed by atoms with Crippen molar-refractivity contribution in [3.8, 4) is 11.3 Å². The van der Waals surface area contributed by atoms with E-state index < -0.39 is 10.0 Å². The summed E-state index contributed by atoms with van der Waals surface area (Å²) in [5.41, 5.74) is 2.19. The zero-order chi connectivity index (χ0) is 19.4. The molecule has 3 heterocycles. The van der Waals surface area contributed by atoms with Crippen molar-refractivity contribution in [3.05, 3.63) is 53.9 Å². The Labute approximate surface area is 169 Å². The van der Waals surface area contributed by atoms with E-state index in [-0.39, 0.29) is 0 Å². The van der Waals surface area contributed by atoms with Crippen LogP contribution in [0.2, 0.25) is 0 Å². The summed E-state index contributed by atoms with van der Waals surface area (Å²) in [5.74, 6) is 0.922. The maximum Gasteiger partial charge on any atom is 0.271 e. The van der Waals surface area contributed by atoms with Gasteiger partial charge in [0, 0.05) is 24.3 Å². The predicted octanol–water partition coefficient (Wildman–Crippen LogP) is 4.39. The fraction of sp³-hybridized carbons (Fsp3) is 0.300. The average Bonchev–Trinajstić information content (AvgIpc) is 3.13. The molecule has 1 aromatic carbocycles. The Kier molecular flexibility index (Phi) is 5.59. The van der Waals surface area contributed by atoms with E-state index in [4.69, 9.17) is 0 Å². The minimum atomic E-state index is -3.53. The number of sulfonamides is 1. The average molecular weight is 415 g/mol. The van der Waals surface area contributed by atoms with Crippen LogP contribution in [0.1, 0.15) is 25.7 Å². The van der Waals surface area contributed by atoms with Crippen LogP contribution in [0.4, 0.5) is 11.5 Å². The molecule has 1 aliphatic heterocycles. The molecule has 0 spiro atoms. The third kappa shape index (κ3) is 4.34. The zero-order valence-corrected chi connectivity index (χ0v) is 17.0. The summed E-state index contributed by atoms with van der Waals surface area (Å²) >= 11 is 1.19. The number of nitrogens with zero attached hydrogens (tertiary/aromatic N) is 3. The molecule has 1 N–H and O–H groups in total. The van der Waals surface area contributed by atoms with Crippen LogP contribution in [-0.4, -0.2) is 31.7 Å². The number of aromatic nitrogens is 2. The van der Waals surface area contributed by atoms with E-state index in [0.29, 0.717) is 9.90 Å². The lowest BCUT2D eigenvalue weighted by Gasteiger charge is -2.20. The number of hydrogen-bond acceptors (Lipinski definition) is 6. The van der Waals surface area contributed by atoms with E-state index in [0.717, 1.165) is 30.2 Å². The molecule has 1 aliphatic rings. The van der Waals surface area contributed by atoms with Crippen LogP contribution in [-0.2, 0) is 10.0 Å². The number of thiophene rings is 1. The first-order valence-electron chi connectivity index (χ1n) is 9.37. The Morgan fingerprint density at radius 1 is 0.893 bits per heavy atom. The molecule has 0 atom stereocenters. The molecule has 2 aromatic heterocycles. The van der Waals surface area contributed by atoms with Gasteiger partial charge in [0.2, 0.25) is 0 Å². The van der Waals surface area contributed by atoms with Crippen molar-refractivity contribution >= 4 is 32.9 Å². The van der Waals surface area contributed by atoms with E-state index in [1.165, 1.54) is 37.0 Å². The van der Waals surface area contributed by atoms with Crippen molar-refractivity contribution in [2.75, 3.05) is 22.7 Å². The number of benzene rings is 1. The Morgan fingerprint density at radius 3 is 2.25 bits per heavy atom. The molecule has 6 nitrogen and oxygen atoms in total. The monoisotopic (exact) mass is 414 g/mol. The second-order valence-corrected chi connectivity index (χ2v) is 9.65. The first kappa shape index (κ1) is 18.9. The lowest BCUT2D eigenvalue weighted by Crippen LogP contribution is -2.25. The minimum Gasteiger partial charge on any atom is -0.355 e. The van der Waals surface area contributed by atoms with E-state index in [1.54, 1.807) is 29.6 Å². The quantitative estimate of drug-likeness (QED) is 0.670. The van der Waals surface area contributed by atoms with Gasteiger partial charge >= 0.3 is 0 Å². The van der Waals surface area contributed by atoms with Crippen molar-refractivity contribution in [2.24, 2.45) is 0 Å². The van der Waals surface area contributed by atoms with E-state index in [2.05, 4.69) is 19.8 Å². The van der Waals surface area contributed by atoms with Crippen LogP contribution in [0.25, 0.3) is 11.3 Å². The smallest absolute Gasteiger partial charge is 0.271 e. The molecule has 0 saturated carbocycles. The Bertz CT molecular complexity index is 993. The second kappa shape index (κ2) is 8.28. The van der Waals surface area contributed by atoms with Gasteiger partial charge in [-0.3, -0.25) is 4.72 Å². The summed E-state index contributed by atoms with van der Waals surface area (Å²) in [5, 5.41) is 10.5. The number of hydrogen-bond donors (Lipinski definition) is 1. The van der Waals surface area contributed by atoms with Gasteiger partial charge in [0.1, 0.15) is 4.21 Å². The summed E-state index contributed by atoms with van der Waals surface area (Å²) < 4.78 is 27.5. The summed E-state index contributed by atoms with van der Waals surface area (Å²) in [4.78, 5) is 2.30. The Hall–Kier alpha value is -2.45. The molecular formula is C20H22N4O2S2. The molecule has 0 radical (unpaired) electrons. The highest BCUT2D eigenvalue weighted by Crippen LogP contribution is 2.24. The molecule has 0 unspecified atom stereocenters. The fourth-order valence-corrected chi connectivity index (χ4v) is 5.33. The standard InChI is InChI=1S/C20H22N4O2S2/c25-28(26,20-6-5-15-27-20)23-17-9-7-16(8-10-17)18-11-12-19(22-21-18)24-13-3-1-2-4-14-24/h5-12,15,23H,1-4,13-14H2. The molecule has 0 aliphatic carbocycles. The summed E-state index contributed by atoms with van der Waals surface area (Å²) in [6.45, 7) is 2.07. The number of rotatable bonds is 5. The molecule has 3 aromatic rings. The number of nitrogens with one attached hydrogen (secondary N) is 1. The van der Waals surface area contributed by atoms with Crippen LogP contribution in [0.15, 0.2) is 58.1 Å². The third-order valence-corrected chi connectivity index (χ3v) is 7.55. The predicted molar refractivity (Wildman–Crippen MR) is 113 cm³/mol. The van der Waals surface area contributed by atoms with E-state index >= 15 is 0 Å². The van der Waals surface area contributed by atoms with Gasteiger partial charge < -0.3 is 4.90 Å². The van der Waals surface area contributed by atoms with Gasteiger partial charge in [-0.2, -0.15) is 0 Å². The highest BCUT2D eigenvalue weighted by Gasteiger charge is 2.15. The van der Waals surface area contributed by atoms with Crippen molar-refractivity contribution in [1.82, 2.24) is 10.2 Å². The van der Waals surface area contributed by atoms with Gasteiger partial charge in [0.05, 0.1) is 5.69 Å². The van der Waals surface area contributed by atoms with Crippen LogP contribution in [0, 0.1) is 0 Å². The Balaban J connectivity index is 1.46. The highest BCUT2D eigenvalue weighted by molar-refractivity contribution is 7.94. The van der Waals surface area contributed by atoms with Crippen LogP contribution in [0.3, 0.4) is 0 Å². The van der Waals surface area contributed by atoms with Gasteiger partial charge in [-0.05, 0) is 48.6 Å². The van der Waals surface area contributed by atoms with Crippen molar-refractivity contribution < 1.29 is 8.42 Å². The maximum absolute atomic E-state index is 12.3. The molecule has 28 heavy (non-hydrogen) atoms. The largest absolute Gasteiger partial charge is 0.355 e. The first-order chi connectivity index (χ1) is 13.6. The molecule has 0 bridgehead atoms. The SMILES string of the molecule is O=S(=O)(Nc1ccc(-c2ccc(N3CCCCCC3)nn2)cc1)c1cccs1. The van der Waals surface area contributed by atoms with Crippen molar-refractivity contribution in [2.45, 2.75) is 29.9 Å². The molecule has 1 fully saturated rings. The minimum absolute atomic E-state index is 0.298. The van der Waals surface area contributed by atoms with Gasteiger partial charge in [-0.25, -0.2) is 8.42 Å². The fourth-order valence-electron chi connectivity index (χ4n) is 3.28. The maximum atomic E-state index is 12.3. The number of anilines is 2. The van der Waals surface area contributed by atoms with Crippen LogP contribution < -0.4 is 9.62 Å². The van der Waals surface area contributed by atoms with Gasteiger partial charge in [0.15, 0.2) is 5.82 Å². The second-order valence-electron chi connectivity index (χ2n) is 6.79. The zero-order valence-electron chi connectivity index (χ0n) is 15.4. The van der Waals surface area contributed by atoms with Crippen LogP contribution >= 0.6 is 11.3 Å². The van der Waals surface area contributed by atoms with Crippen molar-refractivity contribution in [1.29, 1.82) is 0 Å². The normalized spacial score (nSPS) is 15.2. The van der Waals surface area contributed by atoms with Gasteiger partial charge in [-0.1, -0.05) is 31.0 Å². The van der Waals surface area contributed by atoms with E-state index in [9.17, 15) is 8.42 Å². The summed E-state index contributed by atoms with van der Waals surface area (Å²) in [7, 11) is -3.53. The summed E-state index contributed by atoms with van der Waals surface area (Å²) in [6, 6.07) is 14.5. The topological polar surface area (TPSA) is 75.2 Å². The molecule has 0 amide bonds. The van der Waals surface area contributed by atoms with Crippen molar-refractivity contribution in [3.63, 3.8) is 0 Å². The molecule has 1 saturated heterocycles. The third-order valence-electron chi connectivity index (χ3n) is 4.77.